The lowest BCUT2D eigenvalue weighted by Gasteiger charge is -2.20. The predicted molar refractivity (Wildman–Crippen MR) is 89.6 cm³/mol. The van der Waals surface area contributed by atoms with Crippen LogP contribution in [-0.2, 0) is 18.3 Å². The summed E-state index contributed by atoms with van der Waals surface area (Å²) in [5.74, 6) is 0. The maximum atomic E-state index is 6.47. The number of hydrogen-bond acceptors (Lipinski definition) is 1. The number of aryl methyl sites for hydroxylation is 2. The summed E-state index contributed by atoms with van der Waals surface area (Å²) in [4.78, 5) is 0. The number of nitrogens with two attached hydrogens (primary N) is 1. The Morgan fingerprint density at radius 2 is 1.48 bits per heavy atom. The maximum Gasteiger partial charge on any atom is 0.0551 e. The standard InChI is InChI=1S/C20H25N/c1-20(2,3)18-11-9-15(10-12-18)19(21)17-8-7-14-5-4-6-16(14)13-17/h7-13,19H,4-6,21H2,1-3H3. The van der Waals surface area contributed by atoms with Crippen LogP contribution in [0.3, 0.4) is 0 Å². The Balaban J connectivity index is 1.86. The Kier molecular flexibility index (Phi) is 3.62. The minimum atomic E-state index is -0.0232. The summed E-state index contributed by atoms with van der Waals surface area (Å²) >= 11 is 0. The van der Waals surface area contributed by atoms with Crippen LogP contribution in [0.15, 0.2) is 42.5 Å². The predicted octanol–water partition coefficient (Wildman–Crippen LogP) is 4.52. The second-order valence-corrected chi connectivity index (χ2v) is 7.23. The number of hydrogen-bond donors (Lipinski definition) is 1. The van der Waals surface area contributed by atoms with Crippen LogP contribution in [0.25, 0.3) is 0 Å². The zero-order valence-corrected chi connectivity index (χ0v) is 13.3. The van der Waals surface area contributed by atoms with Crippen LogP contribution in [0.4, 0.5) is 0 Å². The van der Waals surface area contributed by atoms with E-state index < -0.39 is 0 Å². The van der Waals surface area contributed by atoms with Crippen molar-refractivity contribution in [1.82, 2.24) is 0 Å². The molecule has 21 heavy (non-hydrogen) atoms. The molecule has 1 atom stereocenters. The average Bonchev–Trinajstić information content (AvgIpc) is 2.93. The van der Waals surface area contributed by atoms with Gasteiger partial charge in [-0.3, -0.25) is 0 Å². The Labute approximate surface area is 128 Å². The van der Waals surface area contributed by atoms with E-state index >= 15 is 0 Å². The van der Waals surface area contributed by atoms with E-state index in [4.69, 9.17) is 5.73 Å². The van der Waals surface area contributed by atoms with E-state index in [0.717, 1.165) is 0 Å². The fourth-order valence-electron chi connectivity index (χ4n) is 3.17. The topological polar surface area (TPSA) is 26.0 Å². The van der Waals surface area contributed by atoms with Gasteiger partial charge < -0.3 is 5.73 Å². The fourth-order valence-corrected chi connectivity index (χ4v) is 3.17. The fraction of sp³-hybridized carbons (Fsp3) is 0.400. The van der Waals surface area contributed by atoms with Gasteiger partial charge in [0.05, 0.1) is 6.04 Å². The first kappa shape index (κ1) is 14.3. The zero-order chi connectivity index (χ0) is 15.0. The van der Waals surface area contributed by atoms with E-state index in [2.05, 4.69) is 63.2 Å². The average molecular weight is 279 g/mol. The van der Waals surface area contributed by atoms with Crippen molar-refractivity contribution in [3.8, 4) is 0 Å². The van der Waals surface area contributed by atoms with Gasteiger partial charge in [-0.25, -0.2) is 0 Å². The van der Waals surface area contributed by atoms with Crippen molar-refractivity contribution in [1.29, 1.82) is 0 Å². The van der Waals surface area contributed by atoms with Crippen molar-refractivity contribution in [2.75, 3.05) is 0 Å². The van der Waals surface area contributed by atoms with Gasteiger partial charge in [0.15, 0.2) is 0 Å². The third-order valence-corrected chi connectivity index (χ3v) is 4.62. The van der Waals surface area contributed by atoms with Gasteiger partial charge >= 0.3 is 0 Å². The van der Waals surface area contributed by atoms with Crippen molar-refractivity contribution < 1.29 is 0 Å². The Hall–Kier alpha value is -1.60. The molecular formula is C20H25N. The molecule has 0 aliphatic heterocycles. The molecule has 1 aliphatic carbocycles. The molecule has 0 heterocycles. The van der Waals surface area contributed by atoms with Crippen LogP contribution in [0.5, 0.6) is 0 Å². The number of fused-ring (bicyclic) bond motifs is 1. The molecule has 0 saturated heterocycles. The summed E-state index contributed by atoms with van der Waals surface area (Å²) < 4.78 is 0. The normalized spacial score (nSPS) is 15.8. The minimum absolute atomic E-state index is 0.0232. The van der Waals surface area contributed by atoms with Gasteiger partial charge in [0, 0.05) is 0 Å². The van der Waals surface area contributed by atoms with Crippen LogP contribution in [0.1, 0.15) is 61.1 Å². The molecule has 0 amide bonds. The molecule has 1 unspecified atom stereocenters. The largest absolute Gasteiger partial charge is 0.320 e. The first-order chi connectivity index (χ1) is 9.95. The van der Waals surface area contributed by atoms with E-state index in [1.807, 2.05) is 0 Å². The molecule has 2 aromatic carbocycles. The quantitative estimate of drug-likeness (QED) is 0.859. The van der Waals surface area contributed by atoms with Gasteiger partial charge in [-0.15, -0.1) is 0 Å². The molecule has 0 radical (unpaired) electrons. The molecule has 0 bridgehead atoms. The molecule has 2 N–H and O–H groups in total. The number of benzene rings is 2. The summed E-state index contributed by atoms with van der Waals surface area (Å²) in [6.45, 7) is 6.72. The molecule has 2 aromatic rings. The van der Waals surface area contributed by atoms with E-state index in [-0.39, 0.29) is 11.5 Å². The highest BCUT2D eigenvalue weighted by molar-refractivity contribution is 5.40. The Morgan fingerprint density at radius 1 is 0.857 bits per heavy atom. The van der Waals surface area contributed by atoms with Crippen molar-refractivity contribution in [2.45, 2.75) is 51.5 Å². The molecule has 110 valence electrons. The molecule has 0 aromatic heterocycles. The van der Waals surface area contributed by atoms with Crippen LogP contribution in [0.2, 0.25) is 0 Å². The van der Waals surface area contributed by atoms with Crippen LogP contribution < -0.4 is 5.73 Å². The van der Waals surface area contributed by atoms with Crippen molar-refractivity contribution in [2.24, 2.45) is 5.73 Å². The van der Waals surface area contributed by atoms with Crippen molar-refractivity contribution >= 4 is 0 Å². The summed E-state index contributed by atoms with van der Waals surface area (Å²) in [5.41, 5.74) is 13.4. The summed E-state index contributed by atoms with van der Waals surface area (Å²) in [6.07, 6.45) is 3.72. The lowest BCUT2D eigenvalue weighted by Crippen LogP contribution is -2.14. The first-order valence-electron chi connectivity index (χ1n) is 7.93. The highest BCUT2D eigenvalue weighted by Gasteiger charge is 2.17. The molecule has 0 spiro atoms. The van der Waals surface area contributed by atoms with Crippen LogP contribution in [-0.4, -0.2) is 0 Å². The highest BCUT2D eigenvalue weighted by Crippen LogP contribution is 2.29. The molecule has 1 nitrogen and oxygen atoms in total. The summed E-state index contributed by atoms with van der Waals surface area (Å²) in [5, 5.41) is 0. The SMILES string of the molecule is CC(C)(C)c1ccc(C(N)c2ccc3c(c2)CCC3)cc1. The third kappa shape index (κ3) is 2.89. The summed E-state index contributed by atoms with van der Waals surface area (Å²) in [6, 6.07) is 15.5. The lowest BCUT2D eigenvalue weighted by atomic mass is 9.86. The Bertz CT molecular complexity index is 632. The molecule has 0 saturated carbocycles. The van der Waals surface area contributed by atoms with E-state index in [9.17, 15) is 0 Å². The summed E-state index contributed by atoms with van der Waals surface area (Å²) in [7, 11) is 0. The van der Waals surface area contributed by atoms with E-state index in [0.29, 0.717) is 0 Å². The lowest BCUT2D eigenvalue weighted by molar-refractivity contribution is 0.589. The van der Waals surface area contributed by atoms with E-state index in [1.165, 1.54) is 47.1 Å². The van der Waals surface area contributed by atoms with Gasteiger partial charge in [-0.2, -0.15) is 0 Å². The first-order valence-corrected chi connectivity index (χ1v) is 7.93. The van der Waals surface area contributed by atoms with Crippen LogP contribution >= 0.6 is 0 Å². The maximum absolute atomic E-state index is 6.47. The second kappa shape index (κ2) is 5.31. The smallest absolute Gasteiger partial charge is 0.0551 e. The monoisotopic (exact) mass is 279 g/mol. The Morgan fingerprint density at radius 3 is 2.14 bits per heavy atom. The minimum Gasteiger partial charge on any atom is -0.320 e. The third-order valence-electron chi connectivity index (χ3n) is 4.62. The van der Waals surface area contributed by atoms with Gasteiger partial charge in [-0.05, 0) is 52.5 Å². The van der Waals surface area contributed by atoms with Gasteiger partial charge in [0.2, 0.25) is 0 Å². The molecule has 1 heteroatoms. The highest BCUT2D eigenvalue weighted by atomic mass is 14.6. The van der Waals surface area contributed by atoms with Crippen LogP contribution in [0, 0.1) is 0 Å². The van der Waals surface area contributed by atoms with E-state index in [1.54, 1.807) is 0 Å². The zero-order valence-electron chi connectivity index (χ0n) is 13.3. The van der Waals surface area contributed by atoms with Crippen molar-refractivity contribution in [3.05, 3.63) is 70.3 Å². The molecular weight excluding hydrogens is 254 g/mol. The van der Waals surface area contributed by atoms with Gasteiger partial charge in [-0.1, -0.05) is 63.2 Å². The van der Waals surface area contributed by atoms with Gasteiger partial charge in [0.25, 0.3) is 0 Å². The number of rotatable bonds is 2. The van der Waals surface area contributed by atoms with Gasteiger partial charge in [0.1, 0.15) is 0 Å². The molecule has 1 aliphatic rings. The second-order valence-electron chi connectivity index (χ2n) is 7.23. The van der Waals surface area contributed by atoms with Crippen molar-refractivity contribution in [3.63, 3.8) is 0 Å². The molecule has 3 rings (SSSR count). The molecule has 0 fully saturated rings.